The summed E-state index contributed by atoms with van der Waals surface area (Å²) < 4.78 is 0. The topological polar surface area (TPSA) is 88.3 Å². The molecule has 0 saturated heterocycles. The van der Waals surface area contributed by atoms with Gasteiger partial charge < -0.3 is 0 Å². The van der Waals surface area contributed by atoms with Gasteiger partial charge in [-0.3, -0.25) is 0 Å². The summed E-state index contributed by atoms with van der Waals surface area (Å²) in [5.41, 5.74) is 0. The van der Waals surface area contributed by atoms with Crippen LogP contribution in [0.5, 0.6) is 0 Å². The first-order valence-corrected chi connectivity index (χ1v) is 3.52. The molecule has 0 N–H and O–H groups in total. The van der Waals surface area contributed by atoms with Gasteiger partial charge in [-0.15, -0.1) is 0 Å². The Bertz CT molecular complexity index is 265. The van der Waals surface area contributed by atoms with E-state index in [0.29, 0.717) is 12.8 Å². The van der Waals surface area contributed by atoms with Gasteiger partial charge in [0, 0.05) is 0 Å². The second-order valence-electron chi connectivity index (χ2n) is 2.04. The highest BCUT2D eigenvalue weighted by Gasteiger charge is 2.02. The molecule has 13 heavy (non-hydrogen) atoms. The second kappa shape index (κ2) is 8.24. The maximum absolute atomic E-state index is 9.81. The average molecular weight is 181 g/mol. The quantitative estimate of drug-likeness (QED) is 0.330. The lowest BCUT2D eigenvalue weighted by atomic mass is 10.2. The summed E-state index contributed by atoms with van der Waals surface area (Å²) in [6.07, 6.45) is 4.04. The Kier molecular flexibility index (Phi) is 7.06. The summed E-state index contributed by atoms with van der Waals surface area (Å²) in [6.45, 7) is 0.281. The van der Waals surface area contributed by atoms with E-state index >= 15 is 0 Å². The second-order valence-corrected chi connectivity index (χ2v) is 2.04. The first kappa shape index (κ1) is 11.1. The van der Waals surface area contributed by atoms with E-state index in [1.54, 1.807) is 0 Å². The fourth-order valence-electron chi connectivity index (χ4n) is 0.678. The zero-order valence-corrected chi connectivity index (χ0v) is 6.77. The molecule has 0 fully saturated rings. The molecule has 0 bridgehead atoms. The zero-order valence-electron chi connectivity index (χ0n) is 6.77. The van der Waals surface area contributed by atoms with E-state index in [1.807, 2.05) is 0 Å². The van der Waals surface area contributed by atoms with Crippen LogP contribution in [-0.4, -0.2) is 31.0 Å². The van der Waals surface area contributed by atoms with Crippen molar-refractivity contribution < 1.29 is 14.4 Å². The zero-order chi connectivity index (χ0) is 9.94. The first-order valence-electron chi connectivity index (χ1n) is 3.52. The van der Waals surface area contributed by atoms with Gasteiger partial charge in [-0.25, -0.2) is 19.4 Å². The van der Waals surface area contributed by atoms with Crippen LogP contribution in [0.25, 0.3) is 0 Å². The van der Waals surface area contributed by atoms with E-state index in [9.17, 15) is 14.4 Å². The molecule has 0 spiro atoms. The third kappa shape index (κ3) is 6.53. The summed E-state index contributed by atoms with van der Waals surface area (Å²) in [5, 5.41) is 0. The molecule has 6 nitrogen and oxygen atoms in total. The Morgan fingerprint density at radius 1 is 1.00 bits per heavy atom. The van der Waals surface area contributed by atoms with Crippen LogP contribution in [0.15, 0.2) is 15.0 Å². The molecule has 0 saturated carbocycles. The highest BCUT2D eigenvalue weighted by Crippen LogP contribution is 2.01. The molecule has 0 amide bonds. The predicted octanol–water partition coefficient (Wildman–Crippen LogP) is 0.100. The van der Waals surface area contributed by atoms with Gasteiger partial charge in [0.1, 0.15) is 0 Å². The third-order valence-corrected chi connectivity index (χ3v) is 1.20. The SMILES string of the molecule is O=C=NCCCC(N=C=O)N=C=O. The average Bonchev–Trinajstić information content (AvgIpc) is 2.13. The van der Waals surface area contributed by atoms with Gasteiger partial charge in [-0.05, 0) is 12.8 Å². The van der Waals surface area contributed by atoms with E-state index in [0.717, 1.165) is 0 Å². The Labute approximate surface area is 74.1 Å². The van der Waals surface area contributed by atoms with Gasteiger partial charge >= 0.3 is 0 Å². The van der Waals surface area contributed by atoms with Crippen LogP contribution in [0, 0.1) is 0 Å². The van der Waals surface area contributed by atoms with Crippen molar-refractivity contribution in [3.8, 4) is 0 Å². The van der Waals surface area contributed by atoms with Gasteiger partial charge in [0.15, 0.2) is 6.17 Å². The molecule has 0 heterocycles. The van der Waals surface area contributed by atoms with Gasteiger partial charge in [-0.1, -0.05) is 0 Å². The van der Waals surface area contributed by atoms with Crippen LogP contribution in [0.3, 0.4) is 0 Å². The van der Waals surface area contributed by atoms with Crippen molar-refractivity contribution in [1.29, 1.82) is 0 Å². The lowest BCUT2D eigenvalue weighted by Crippen LogP contribution is -2.00. The summed E-state index contributed by atoms with van der Waals surface area (Å²) in [7, 11) is 0. The van der Waals surface area contributed by atoms with E-state index < -0.39 is 6.17 Å². The van der Waals surface area contributed by atoms with Gasteiger partial charge in [-0.2, -0.15) is 9.98 Å². The first-order chi connectivity index (χ1) is 6.35. The largest absolute Gasteiger partial charge is 0.237 e. The highest BCUT2D eigenvalue weighted by atomic mass is 16.1. The van der Waals surface area contributed by atoms with Crippen LogP contribution < -0.4 is 0 Å². The van der Waals surface area contributed by atoms with Crippen molar-refractivity contribution in [2.24, 2.45) is 15.0 Å². The van der Waals surface area contributed by atoms with E-state index in [1.165, 1.54) is 18.2 Å². The Morgan fingerprint density at radius 2 is 1.62 bits per heavy atom. The van der Waals surface area contributed by atoms with Gasteiger partial charge in [0.25, 0.3) is 0 Å². The van der Waals surface area contributed by atoms with Crippen molar-refractivity contribution >= 4 is 18.2 Å². The summed E-state index contributed by atoms with van der Waals surface area (Å²) in [6, 6.07) is 0. The molecule has 0 aliphatic rings. The monoisotopic (exact) mass is 181 g/mol. The van der Waals surface area contributed by atoms with E-state index in [4.69, 9.17) is 0 Å². The van der Waals surface area contributed by atoms with Crippen LogP contribution in [0.2, 0.25) is 0 Å². The van der Waals surface area contributed by atoms with Crippen LogP contribution in [0.1, 0.15) is 12.8 Å². The Balaban J connectivity index is 3.88. The number of aliphatic imine (C=N–C) groups is 3. The smallest absolute Gasteiger partial charge is 0.211 e. The molecular weight excluding hydrogens is 174 g/mol. The lowest BCUT2D eigenvalue weighted by Gasteiger charge is -1.98. The molecule has 0 aromatic rings. The molecular formula is C7H7N3O3. The van der Waals surface area contributed by atoms with Crippen molar-refractivity contribution in [2.75, 3.05) is 6.54 Å². The number of hydrogen-bond acceptors (Lipinski definition) is 6. The standard InChI is InChI=1S/C7H7N3O3/c11-4-8-3-1-2-7(9-5-12)10-6-13/h7H,1-3H2. The minimum atomic E-state index is -0.753. The number of rotatable bonds is 6. The van der Waals surface area contributed by atoms with Gasteiger partial charge in [0.2, 0.25) is 18.2 Å². The highest BCUT2D eigenvalue weighted by molar-refractivity contribution is 5.36. The number of hydrogen-bond donors (Lipinski definition) is 0. The number of nitrogens with zero attached hydrogens (tertiary/aromatic N) is 3. The number of carbonyl (C=O) groups excluding carboxylic acids is 3. The molecule has 0 aromatic carbocycles. The van der Waals surface area contributed by atoms with Crippen molar-refractivity contribution in [3.63, 3.8) is 0 Å². The van der Waals surface area contributed by atoms with Crippen molar-refractivity contribution in [2.45, 2.75) is 19.0 Å². The Hall–Kier alpha value is -1.86. The normalized spacial score (nSPS) is 10.2. The molecule has 68 valence electrons. The lowest BCUT2D eigenvalue weighted by molar-refractivity contribution is 0.536. The van der Waals surface area contributed by atoms with Gasteiger partial charge in [0.05, 0.1) is 6.54 Å². The molecule has 6 heteroatoms. The van der Waals surface area contributed by atoms with E-state index in [-0.39, 0.29) is 6.54 Å². The molecule has 0 aliphatic carbocycles. The van der Waals surface area contributed by atoms with Crippen LogP contribution >= 0.6 is 0 Å². The van der Waals surface area contributed by atoms with Crippen LogP contribution in [-0.2, 0) is 14.4 Å². The summed E-state index contributed by atoms with van der Waals surface area (Å²) in [4.78, 5) is 39.0. The summed E-state index contributed by atoms with van der Waals surface area (Å²) in [5.74, 6) is 0. The minimum absolute atomic E-state index is 0.281. The molecule has 0 aliphatic heterocycles. The van der Waals surface area contributed by atoms with Crippen molar-refractivity contribution in [3.05, 3.63) is 0 Å². The molecule has 0 aromatic heterocycles. The minimum Gasteiger partial charge on any atom is -0.211 e. The third-order valence-electron chi connectivity index (χ3n) is 1.20. The molecule has 0 rings (SSSR count). The maximum atomic E-state index is 9.81. The predicted molar refractivity (Wildman–Crippen MR) is 42.3 cm³/mol. The van der Waals surface area contributed by atoms with Crippen molar-refractivity contribution in [1.82, 2.24) is 0 Å². The fourth-order valence-corrected chi connectivity index (χ4v) is 0.678. The molecule has 0 radical (unpaired) electrons. The maximum Gasteiger partial charge on any atom is 0.237 e. The molecule has 0 atom stereocenters. The van der Waals surface area contributed by atoms with Crippen LogP contribution in [0.4, 0.5) is 0 Å². The summed E-state index contributed by atoms with van der Waals surface area (Å²) >= 11 is 0. The Morgan fingerprint density at radius 3 is 2.08 bits per heavy atom. The molecule has 0 unspecified atom stereocenters. The number of isocyanates is 3. The fraction of sp³-hybridized carbons (Fsp3) is 0.571. The van der Waals surface area contributed by atoms with E-state index in [2.05, 4.69) is 15.0 Å².